The molecule has 2 fully saturated rings. The van der Waals surface area contributed by atoms with Crippen LogP contribution < -0.4 is 5.32 Å². The van der Waals surface area contributed by atoms with Gasteiger partial charge in [0.15, 0.2) is 12.6 Å². The summed E-state index contributed by atoms with van der Waals surface area (Å²) in [5.74, 6) is -0.641. The molecule has 2 aliphatic heterocycles. The van der Waals surface area contributed by atoms with Gasteiger partial charge in [0.1, 0.15) is 61.0 Å². The standard InChI is InChI=1S/C20H37NO15/c1-6-11(27)14(30)16(32)19(33-6)36-18-15(31)13(29)10(5-24)34-20(18)35-17(9(26)4-23)12(28)8(3-22)21-7(2)25/h6,8-20,22-24,26-32H,3-5H2,1-2H3,(H,21,25)/t6-,8-,9+,10+,11+,12+,13-,14+,15-,16-,17+,18+,19-,20-/m0/s1. The second-order valence-corrected chi connectivity index (χ2v) is 8.82. The molecule has 16 nitrogen and oxygen atoms in total. The molecule has 0 spiro atoms. The highest BCUT2D eigenvalue weighted by molar-refractivity contribution is 5.73. The molecule has 2 saturated heterocycles. The number of carbonyl (C=O) groups excluding carboxylic acids is 1. The number of carbonyl (C=O) groups is 1. The normalized spacial score (nSPS) is 40.8. The predicted molar refractivity (Wildman–Crippen MR) is 114 cm³/mol. The molecular formula is C20H37NO15. The lowest BCUT2D eigenvalue weighted by molar-refractivity contribution is -0.374. The predicted octanol–water partition coefficient (Wildman–Crippen LogP) is -6.77. The lowest BCUT2D eigenvalue weighted by atomic mass is 9.97. The maximum absolute atomic E-state index is 11.4. The van der Waals surface area contributed by atoms with Gasteiger partial charge in [0.2, 0.25) is 5.91 Å². The Kier molecular flexibility index (Phi) is 11.8. The van der Waals surface area contributed by atoms with Crippen LogP contribution in [0.1, 0.15) is 13.8 Å². The van der Waals surface area contributed by atoms with Crippen LogP contribution in [-0.2, 0) is 23.7 Å². The second kappa shape index (κ2) is 13.6. The van der Waals surface area contributed by atoms with E-state index in [2.05, 4.69) is 5.32 Å². The number of rotatable bonds is 11. The highest BCUT2D eigenvalue weighted by atomic mass is 16.8. The number of ether oxygens (including phenoxy) is 4. The van der Waals surface area contributed by atoms with E-state index in [0.717, 1.165) is 6.92 Å². The first-order valence-corrected chi connectivity index (χ1v) is 11.4. The van der Waals surface area contributed by atoms with Gasteiger partial charge in [-0.05, 0) is 6.92 Å². The average Bonchev–Trinajstić information content (AvgIpc) is 2.85. The molecule has 2 aliphatic rings. The Hall–Kier alpha value is -1.09. The maximum atomic E-state index is 11.4. The molecule has 0 aliphatic carbocycles. The Labute approximate surface area is 206 Å². The van der Waals surface area contributed by atoms with Crippen LogP contribution in [-0.4, -0.2) is 163 Å². The monoisotopic (exact) mass is 531 g/mol. The van der Waals surface area contributed by atoms with Crippen molar-refractivity contribution in [2.24, 2.45) is 0 Å². The topological polar surface area (TPSA) is 268 Å². The Bertz CT molecular complexity index is 687. The van der Waals surface area contributed by atoms with Gasteiger partial charge in [0.25, 0.3) is 0 Å². The smallest absolute Gasteiger partial charge is 0.217 e. The minimum absolute atomic E-state index is 0.641. The van der Waals surface area contributed by atoms with Crippen molar-refractivity contribution >= 4 is 5.91 Å². The van der Waals surface area contributed by atoms with Gasteiger partial charge in [-0.3, -0.25) is 4.79 Å². The first-order valence-electron chi connectivity index (χ1n) is 11.4. The number of aliphatic hydroxyl groups excluding tert-OH is 10. The summed E-state index contributed by atoms with van der Waals surface area (Å²) in [5.41, 5.74) is 0. The maximum Gasteiger partial charge on any atom is 0.217 e. The molecule has 0 aromatic carbocycles. The van der Waals surface area contributed by atoms with Gasteiger partial charge in [-0.2, -0.15) is 0 Å². The molecular weight excluding hydrogens is 494 g/mol. The minimum atomic E-state index is -1.87. The summed E-state index contributed by atoms with van der Waals surface area (Å²) in [6.07, 6.45) is -21.8. The van der Waals surface area contributed by atoms with Crippen molar-refractivity contribution in [3.63, 3.8) is 0 Å². The molecule has 0 radical (unpaired) electrons. The number of hydrogen-bond acceptors (Lipinski definition) is 15. The highest BCUT2D eigenvalue weighted by Crippen LogP contribution is 2.31. The molecule has 212 valence electrons. The zero-order chi connectivity index (χ0) is 27.3. The Morgan fingerprint density at radius 1 is 0.889 bits per heavy atom. The van der Waals surface area contributed by atoms with E-state index in [-0.39, 0.29) is 0 Å². The number of aliphatic hydroxyl groups is 10. The van der Waals surface area contributed by atoms with Crippen molar-refractivity contribution in [1.82, 2.24) is 5.32 Å². The van der Waals surface area contributed by atoms with Crippen molar-refractivity contribution in [3.05, 3.63) is 0 Å². The number of nitrogens with one attached hydrogen (secondary N) is 1. The second-order valence-electron chi connectivity index (χ2n) is 8.82. The van der Waals surface area contributed by atoms with Gasteiger partial charge in [-0.25, -0.2) is 0 Å². The van der Waals surface area contributed by atoms with E-state index in [9.17, 15) is 55.9 Å². The van der Waals surface area contributed by atoms with E-state index in [1.165, 1.54) is 6.92 Å². The Balaban J connectivity index is 2.34. The molecule has 0 aromatic rings. The lowest BCUT2D eigenvalue weighted by Crippen LogP contribution is -2.65. The van der Waals surface area contributed by atoms with Crippen molar-refractivity contribution in [2.75, 3.05) is 19.8 Å². The van der Waals surface area contributed by atoms with Crippen LogP contribution in [0.3, 0.4) is 0 Å². The molecule has 0 aromatic heterocycles. The molecule has 0 bridgehead atoms. The van der Waals surface area contributed by atoms with E-state index < -0.39 is 111 Å². The fourth-order valence-electron chi connectivity index (χ4n) is 3.98. The van der Waals surface area contributed by atoms with Gasteiger partial charge in [-0.1, -0.05) is 0 Å². The summed E-state index contributed by atoms with van der Waals surface area (Å²) in [4.78, 5) is 11.4. The third kappa shape index (κ3) is 7.06. The number of amides is 1. The van der Waals surface area contributed by atoms with Crippen molar-refractivity contribution < 1.29 is 74.8 Å². The van der Waals surface area contributed by atoms with Gasteiger partial charge in [-0.15, -0.1) is 0 Å². The average molecular weight is 532 g/mol. The highest BCUT2D eigenvalue weighted by Gasteiger charge is 2.51. The zero-order valence-electron chi connectivity index (χ0n) is 19.7. The lowest BCUT2D eigenvalue weighted by Gasteiger charge is -2.47. The first-order chi connectivity index (χ1) is 16.9. The first kappa shape index (κ1) is 31.1. The summed E-state index contributed by atoms with van der Waals surface area (Å²) in [6, 6.07) is -1.37. The third-order valence-electron chi connectivity index (χ3n) is 6.12. The Morgan fingerprint density at radius 2 is 1.53 bits per heavy atom. The molecule has 14 atom stereocenters. The van der Waals surface area contributed by atoms with Crippen LogP contribution >= 0.6 is 0 Å². The summed E-state index contributed by atoms with van der Waals surface area (Å²) in [6.45, 7) is -0.0943. The molecule has 2 heterocycles. The fraction of sp³-hybridized carbons (Fsp3) is 0.950. The van der Waals surface area contributed by atoms with E-state index in [0.29, 0.717) is 0 Å². The van der Waals surface area contributed by atoms with Crippen LogP contribution in [0.5, 0.6) is 0 Å². The Morgan fingerprint density at radius 3 is 2.06 bits per heavy atom. The quantitative estimate of drug-likeness (QED) is 0.118. The van der Waals surface area contributed by atoms with Crippen LogP contribution in [0, 0.1) is 0 Å². The van der Waals surface area contributed by atoms with E-state index >= 15 is 0 Å². The third-order valence-corrected chi connectivity index (χ3v) is 6.12. The van der Waals surface area contributed by atoms with Crippen molar-refractivity contribution in [2.45, 2.75) is 99.6 Å². The van der Waals surface area contributed by atoms with Crippen LogP contribution in [0.25, 0.3) is 0 Å². The van der Waals surface area contributed by atoms with Crippen LogP contribution in [0.4, 0.5) is 0 Å². The fourth-order valence-corrected chi connectivity index (χ4v) is 3.98. The molecule has 11 N–H and O–H groups in total. The van der Waals surface area contributed by atoms with E-state index in [1.54, 1.807) is 0 Å². The van der Waals surface area contributed by atoms with Gasteiger partial charge in [0, 0.05) is 6.92 Å². The van der Waals surface area contributed by atoms with Crippen LogP contribution in [0.2, 0.25) is 0 Å². The zero-order valence-corrected chi connectivity index (χ0v) is 19.7. The molecule has 0 unspecified atom stereocenters. The summed E-state index contributed by atoms with van der Waals surface area (Å²) >= 11 is 0. The van der Waals surface area contributed by atoms with E-state index in [4.69, 9.17) is 18.9 Å². The molecule has 2 rings (SSSR count). The SMILES string of the molecule is CC(=O)N[C@@H](CO)[C@@H](O)[C@H](O[C@@H]1O[C@H](CO)[C@H](O)[C@H](O)[C@H]1O[C@@H]1O[C@@H](C)[C@@H](O)[C@@H](O)[C@@H]1O)[C@H](O)CO. The van der Waals surface area contributed by atoms with Crippen molar-refractivity contribution in [3.8, 4) is 0 Å². The molecule has 0 saturated carbocycles. The summed E-state index contributed by atoms with van der Waals surface area (Å²) in [7, 11) is 0. The van der Waals surface area contributed by atoms with Gasteiger partial charge in [0.05, 0.1) is 32.0 Å². The molecule has 1 amide bonds. The molecule has 36 heavy (non-hydrogen) atoms. The van der Waals surface area contributed by atoms with Gasteiger partial charge >= 0.3 is 0 Å². The summed E-state index contributed by atoms with van der Waals surface area (Å²) in [5, 5.41) is 103. The molecule has 16 heteroatoms. The van der Waals surface area contributed by atoms with Crippen molar-refractivity contribution in [1.29, 1.82) is 0 Å². The van der Waals surface area contributed by atoms with Gasteiger partial charge < -0.3 is 75.3 Å². The summed E-state index contributed by atoms with van der Waals surface area (Å²) < 4.78 is 21.9. The van der Waals surface area contributed by atoms with E-state index in [1.807, 2.05) is 0 Å². The largest absolute Gasteiger partial charge is 0.394 e. The van der Waals surface area contributed by atoms with Crippen LogP contribution in [0.15, 0.2) is 0 Å². The number of hydrogen-bond donors (Lipinski definition) is 11. The minimum Gasteiger partial charge on any atom is -0.394 e.